The van der Waals surface area contributed by atoms with E-state index in [4.69, 9.17) is 14.1 Å². The van der Waals surface area contributed by atoms with Crippen LogP contribution >= 0.6 is 0 Å². The predicted molar refractivity (Wildman–Crippen MR) is 106 cm³/mol. The molecule has 1 fully saturated rings. The van der Waals surface area contributed by atoms with E-state index in [2.05, 4.69) is 37.2 Å². The lowest BCUT2D eigenvalue weighted by Crippen LogP contribution is -2.20. The van der Waals surface area contributed by atoms with Gasteiger partial charge in [-0.1, -0.05) is 6.07 Å². The molecular weight excluding hydrogens is 368 g/mol. The van der Waals surface area contributed by atoms with E-state index in [0.717, 1.165) is 48.4 Å². The van der Waals surface area contributed by atoms with Gasteiger partial charge in [0.05, 0.1) is 30.4 Å². The predicted octanol–water partition coefficient (Wildman–Crippen LogP) is 3.07. The minimum Gasteiger partial charge on any atom is -0.497 e. The zero-order valence-corrected chi connectivity index (χ0v) is 16.0. The van der Waals surface area contributed by atoms with Gasteiger partial charge in [-0.2, -0.15) is 0 Å². The van der Waals surface area contributed by atoms with Crippen molar-refractivity contribution in [2.45, 2.75) is 18.9 Å². The largest absolute Gasteiger partial charge is 0.497 e. The van der Waals surface area contributed by atoms with Gasteiger partial charge in [-0.3, -0.25) is 14.9 Å². The van der Waals surface area contributed by atoms with Crippen molar-refractivity contribution in [3.8, 4) is 17.3 Å². The summed E-state index contributed by atoms with van der Waals surface area (Å²) in [5.41, 5.74) is 2.62. The van der Waals surface area contributed by atoms with E-state index >= 15 is 0 Å². The van der Waals surface area contributed by atoms with Crippen molar-refractivity contribution in [3.05, 3.63) is 60.5 Å². The third kappa shape index (κ3) is 3.66. The first-order valence-electron chi connectivity index (χ1n) is 9.54. The molecule has 8 nitrogen and oxygen atoms in total. The fourth-order valence-corrected chi connectivity index (χ4v) is 3.68. The first-order valence-corrected chi connectivity index (χ1v) is 9.54. The van der Waals surface area contributed by atoms with Gasteiger partial charge in [0.15, 0.2) is 0 Å². The number of methoxy groups -OCH3 is 1. The van der Waals surface area contributed by atoms with Gasteiger partial charge >= 0.3 is 0 Å². The van der Waals surface area contributed by atoms with E-state index in [0.29, 0.717) is 17.5 Å². The summed E-state index contributed by atoms with van der Waals surface area (Å²) in [6.45, 7) is 2.63. The number of hydrogen-bond donors (Lipinski definition) is 0. The van der Waals surface area contributed by atoms with Crippen LogP contribution in [0.1, 0.15) is 23.9 Å². The van der Waals surface area contributed by atoms with Crippen molar-refractivity contribution in [2.75, 3.05) is 20.2 Å². The molecule has 4 heterocycles. The molecule has 0 amide bonds. The molecule has 5 rings (SSSR count). The maximum atomic E-state index is 5.85. The fraction of sp³-hybridized carbons (Fsp3) is 0.286. The maximum Gasteiger partial charge on any atom is 0.267 e. The molecular formula is C21H20N6O2. The molecule has 8 heteroatoms. The van der Waals surface area contributed by atoms with E-state index in [-0.39, 0.29) is 5.92 Å². The number of nitrogens with zero attached hydrogens (tertiary/aromatic N) is 6. The van der Waals surface area contributed by atoms with E-state index in [1.54, 1.807) is 25.7 Å². The molecule has 1 aromatic carbocycles. The summed E-state index contributed by atoms with van der Waals surface area (Å²) in [4.78, 5) is 15.4. The smallest absolute Gasteiger partial charge is 0.267 e. The number of rotatable bonds is 5. The number of likely N-dealkylation sites (tertiary alicyclic amines) is 1. The highest BCUT2D eigenvalue weighted by molar-refractivity contribution is 5.80. The first-order chi connectivity index (χ1) is 14.3. The summed E-state index contributed by atoms with van der Waals surface area (Å²) < 4.78 is 11.1. The van der Waals surface area contributed by atoms with Gasteiger partial charge in [0.1, 0.15) is 11.4 Å². The van der Waals surface area contributed by atoms with Crippen molar-refractivity contribution in [1.29, 1.82) is 0 Å². The Bertz CT molecular complexity index is 1130. The number of fused-ring (bicyclic) bond motifs is 1. The summed E-state index contributed by atoms with van der Waals surface area (Å²) in [5.74, 6) is 2.14. The average Bonchev–Trinajstić information content (AvgIpc) is 3.44. The van der Waals surface area contributed by atoms with E-state index in [9.17, 15) is 0 Å². The molecule has 0 N–H and O–H groups in total. The van der Waals surface area contributed by atoms with Crippen LogP contribution in [0, 0.1) is 0 Å². The van der Waals surface area contributed by atoms with Crippen LogP contribution in [-0.2, 0) is 6.54 Å². The third-order valence-electron chi connectivity index (χ3n) is 5.18. The summed E-state index contributed by atoms with van der Waals surface area (Å²) in [6, 6.07) is 10.1. The van der Waals surface area contributed by atoms with Crippen molar-refractivity contribution < 1.29 is 9.15 Å². The molecule has 0 bridgehead atoms. The summed E-state index contributed by atoms with van der Waals surface area (Å²) >= 11 is 0. The number of ether oxygens (including phenoxy) is 1. The SMILES string of the molecule is COc1ccc2nc(CN3CC[C@H](c4nnc(-c5cnccn5)o4)C3)ccc2c1. The normalized spacial score (nSPS) is 17.1. The molecule has 0 aliphatic carbocycles. The lowest BCUT2D eigenvalue weighted by atomic mass is 10.1. The average molecular weight is 388 g/mol. The molecule has 1 aliphatic heterocycles. The van der Waals surface area contributed by atoms with Crippen molar-refractivity contribution in [2.24, 2.45) is 0 Å². The molecule has 3 aromatic heterocycles. The second-order valence-corrected chi connectivity index (χ2v) is 7.12. The zero-order valence-electron chi connectivity index (χ0n) is 16.0. The minimum atomic E-state index is 0.220. The van der Waals surface area contributed by atoms with Crippen LogP contribution in [0.4, 0.5) is 0 Å². The Hall–Kier alpha value is -3.39. The van der Waals surface area contributed by atoms with Crippen LogP contribution in [-0.4, -0.2) is 50.2 Å². The summed E-state index contributed by atoms with van der Waals surface area (Å²) in [7, 11) is 1.67. The number of pyridine rings is 1. The molecule has 1 aliphatic rings. The van der Waals surface area contributed by atoms with Crippen molar-refractivity contribution in [3.63, 3.8) is 0 Å². The second-order valence-electron chi connectivity index (χ2n) is 7.12. The zero-order chi connectivity index (χ0) is 19.6. The summed E-state index contributed by atoms with van der Waals surface area (Å²) in [6.07, 6.45) is 5.84. The number of benzene rings is 1. The van der Waals surface area contributed by atoms with Gasteiger partial charge in [-0.05, 0) is 37.2 Å². The molecule has 4 aromatic rings. The topological polar surface area (TPSA) is 90.1 Å². The van der Waals surface area contributed by atoms with Gasteiger partial charge in [0, 0.05) is 30.9 Å². The Morgan fingerprint density at radius 3 is 3.00 bits per heavy atom. The highest BCUT2D eigenvalue weighted by Gasteiger charge is 2.28. The molecule has 0 unspecified atom stereocenters. The van der Waals surface area contributed by atoms with Crippen LogP contribution < -0.4 is 4.74 Å². The minimum absolute atomic E-state index is 0.220. The Morgan fingerprint density at radius 1 is 1.17 bits per heavy atom. The van der Waals surface area contributed by atoms with Gasteiger partial charge < -0.3 is 9.15 Å². The molecule has 0 radical (unpaired) electrons. The molecule has 29 heavy (non-hydrogen) atoms. The lowest BCUT2D eigenvalue weighted by Gasteiger charge is -2.15. The van der Waals surface area contributed by atoms with Gasteiger partial charge in [0.25, 0.3) is 5.89 Å². The monoisotopic (exact) mass is 388 g/mol. The lowest BCUT2D eigenvalue weighted by molar-refractivity contribution is 0.317. The Balaban J connectivity index is 1.27. The quantitative estimate of drug-likeness (QED) is 0.515. The molecule has 0 spiro atoms. The van der Waals surface area contributed by atoms with Crippen LogP contribution in [0.15, 0.2) is 53.3 Å². The second kappa shape index (κ2) is 7.56. The Morgan fingerprint density at radius 2 is 2.14 bits per heavy atom. The number of aromatic nitrogens is 5. The van der Waals surface area contributed by atoms with Crippen LogP contribution in [0.25, 0.3) is 22.5 Å². The van der Waals surface area contributed by atoms with E-state index in [1.165, 1.54) is 0 Å². The molecule has 1 atom stereocenters. The van der Waals surface area contributed by atoms with E-state index < -0.39 is 0 Å². The van der Waals surface area contributed by atoms with Crippen molar-refractivity contribution in [1.82, 2.24) is 30.0 Å². The highest BCUT2D eigenvalue weighted by atomic mass is 16.5. The van der Waals surface area contributed by atoms with Crippen LogP contribution in [0.3, 0.4) is 0 Å². The van der Waals surface area contributed by atoms with Crippen LogP contribution in [0.5, 0.6) is 5.75 Å². The standard InChI is InChI=1S/C21H20N6O2/c1-28-17-4-5-18-14(10-17)2-3-16(24-18)13-27-9-6-15(12-27)20-25-26-21(29-20)19-11-22-7-8-23-19/h2-5,7-8,10-11,15H,6,9,12-13H2,1H3/t15-/m0/s1. The van der Waals surface area contributed by atoms with E-state index in [1.807, 2.05) is 18.2 Å². The van der Waals surface area contributed by atoms with Gasteiger partial charge in [-0.25, -0.2) is 4.98 Å². The fourth-order valence-electron chi connectivity index (χ4n) is 3.68. The summed E-state index contributed by atoms with van der Waals surface area (Å²) in [5, 5.41) is 9.44. The van der Waals surface area contributed by atoms with Crippen LogP contribution in [0.2, 0.25) is 0 Å². The first kappa shape index (κ1) is 17.7. The maximum absolute atomic E-state index is 5.85. The van der Waals surface area contributed by atoms with Gasteiger partial charge in [0.2, 0.25) is 5.89 Å². The van der Waals surface area contributed by atoms with Crippen molar-refractivity contribution >= 4 is 10.9 Å². The molecule has 0 saturated carbocycles. The highest BCUT2D eigenvalue weighted by Crippen LogP contribution is 2.29. The Kier molecular flexibility index (Phi) is 4.61. The molecule has 1 saturated heterocycles. The van der Waals surface area contributed by atoms with Gasteiger partial charge in [-0.15, -0.1) is 10.2 Å². The number of hydrogen-bond acceptors (Lipinski definition) is 8. The molecule has 146 valence electrons. The third-order valence-corrected chi connectivity index (χ3v) is 5.18. The Labute approximate surface area is 167 Å².